The molecule has 144 valence electrons. The normalized spacial score (nSPS) is 12.3. The van der Waals surface area contributed by atoms with Crippen molar-refractivity contribution >= 4 is 27.3 Å². The van der Waals surface area contributed by atoms with Gasteiger partial charge in [0.25, 0.3) is 5.69 Å². The van der Waals surface area contributed by atoms with Crippen molar-refractivity contribution in [2.24, 2.45) is 0 Å². The van der Waals surface area contributed by atoms with Crippen molar-refractivity contribution in [3.8, 4) is 5.75 Å². The number of amides is 1. The van der Waals surface area contributed by atoms with Crippen LogP contribution in [-0.4, -0.2) is 32.4 Å². The zero-order valence-electron chi connectivity index (χ0n) is 14.9. The second kappa shape index (κ2) is 8.14. The first-order chi connectivity index (χ1) is 12.6. The minimum Gasteiger partial charge on any atom is -0.496 e. The number of benzene rings is 2. The van der Waals surface area contributed by atoms with Crippen LogP contribution in [0.1, 0.15) is 12.5 Å². The number of rotatable bonds is 7. The van der Waals surface area contributed by atoms with Crippen molar-refractivity contribution in [1.82, 2.24) is 4.72 Å². The number of hydrogen-bond acceptors (Lipinski definition) is 6. The number of anilines is 1. The summed E-state index contributed by atoms with van der Waals surface area (Å²) in [6.07, 6.45) is 0. The number of aryl methyl sites for hydroxylation is 1. The van der Waals surface area contributed by atoms with E-state index in [-0.39, 0.29) is 16.3 Å². The van der Waals surface area contributed by atoms with Crippen LogP contribution in [0.2, 0.25) is 0 Å². The van der Waals surface area contributed by atoms with Gasteiger partial charge in [-0.1, -0.05) is 6.07 Å². The Morgan fingerprint density at radius 2 is 1.93 bits per heavy atom. The van der Waals surface area contributed by atoms with Crippen LogP contribution in [0.4, 0.5) is 11.4 Å². The third kappa shape index (κ3) is 5.02. The molecule has 0 aromatic heterocycles. The van der Waals surface area contributed by atoms with E-state index < -0.39 is 26.9 Å². The number of carbonyl (C=O) groups excluding carboxylic acids is 1. The molecular weight excluding hydrogens is 374 g/mol. The zero-order chi connectivity index (χ0) is 20.2. The lowest BCUT2D eigenvalue weighted by Crippen LogP contribution is -2.41. The molecule has 2 N–H and O–H groups in total. The van der Waals surface area contributed by atoms with Crippen LogP contribution in [0, 0.1) is 17.0 Å². The summed E-state index contributed by atoms with van der Waals surface area (Å²) in [5, 5.41) is 13.2. The van der Waals surface area contributed by atoms with E-state index in [2.05, 4.69) is 10.0 Å². The van der Waals surface area contributed by atoms with Crippen LogP contribution in [0.5, 0.6) is 5.75 Å². The number of nitro benzene ring substituents is 1. The number of methoxy groups -OCH3 is 1. The summed E-state index contributed by atoms with van der Waals surface area (Å²) in [4.78, 5) is 22.4. The first kappa shape index (κ1) is 20.3. The van der Waals surface area contributed by atoms with Crippen molar-refractivity contribution in [3.63, 3.8) is 0 Å². The molecule has 0 heterocycles. The molecule has 10 heteroatoms. The van der Waals surface area contributed by atoms with E-state index in [1.54, 1.807) is 6.92 Å². The van der Waals surface area contributed by atoms with Gasteiger partial charge in [0.1, 0.15) is 5.75 Å². The van der Waals surface area contributed by atoms with Gasteiger partial charge in [-0.15, -0.1) is 0 Å². The maximum Gasteiger partial charge on any atom is 0.271 e. The minimum atomic E-state index is -3.94. The van der Waals surface area contributed by atoms with Gasteiger partial charge >= 0.3 is 0 Å². The number of sulfonamides is 1. The monoisotopic (exact) mass is 393 g/mol. The molecule has 2 aromatic carbocycles. The lowest BCUT2D eigenvalue weighted by Gasteiger charge is -2.15. The van der Waals surface area contributed by atoms with Crippen molar-refractivity contribution in [1.29, 1.82) is 0 Å². The van der Waals surface area contributed by atoms with E-state index in [0.29, 0.717) is 11.3 Å². The van der Waals surface area contributed by atoms with Crippen LogP contribution in [-0.2, 0) is 14.8 Å². The van der Waals surface area contributed by atoms with Gasteiger partial charge in [-0.25, -0.2) is 8.42 Å². The smallest absolute Gasteiger partial charge is 0.271 e. The Kier molecular flexibility index (Phi) is 6.13. The fourth-order valence-corrected chi connectivity index (χ4v) is 3.61. The highest BCUT2D eigenvalue weighted by atomic mass is 32.2. The summed E-state index contributed by atoms with van der Waals surface area (Å²) in [5.41, 5.74) is 0.643. The number of non-ortho nitro benzene ring substituents is 1. The fraction of sp³-hybridized carbons (Fsp3) is 0.235. The molecule has 9 nitrogen and oxygen atoms in total. The van der Waals surface area contributed by atoms with Crippen LogP contribution in [0.3, 0.4) is 0 Å². The molecule has 27 heavy (non-hydrogen) atoms. The summed E-state index contributed by atoms with van der Waals surface area (Å²) in [6, 6.07) is 8.60. The second-order valence-corrected chi connectivity index (χ2v) is 7.49. The van der Waals surface area contributed by atoms with E-state index >= 15 is 0 Å². The Morgan fingerprint density at radius 3 is 2.52 bits per heavy atom. The lowest BCUT2D eigenvalue weighted by atomic mass is 10.2. The zero-order valence-corrected chi connectivity index (χ0v) is 15.7. The molecule has 0 unspecified atom stereocenters. The number of nitro groups is 1. The maximum atomic E-state index is 12.5. The summed E-state index contributed by atoms with van der Waals surface area (Å²) < 4.78 is 32.3. The molecule has 0 bridgehead atoms. The molecule has 0 aliphatic heterocycles. The van der Waals surface area contributed by atoms with E-state index in [1.165, 1.54) is 56.5 Å². The Labute approximate surface area is 156 Å². The molecule has 0 fully saturated rings. The van der Waals surface area contributed by atoms with Gasteiger partial charge in [0, 0.05) is 17.8 Å². The fourth-order valence-electron chi connectivity index (χ4n) is 2.32. The summed E-state index contributed by atoms with van der Waals surface area (Å²) in [6.45, 7) is 3.08. The standard InChI is InChI=1S/C17H19N3O6S/c1-11-9-15(7-8-16(11)26-3)27(24,25)19-12(2)17(21)18-13-5-4-6-14(10-13)20(22)23/h4-10,12,19H,1-3H3,(H,18,21)/t12-/m1/s1. The van der Waals surface area contributed by atoms with E-state index in [0.717, 1.165) is 0 Å². The van der Waals surface area contributed by atoms with E-state index in [1.807, 2.05) is 0 Å². The topological polar surface area (TPSA) is 128 Å². The van der Waals surface area contributed by atoms with Crippen LogP contribution in [0.15, 0.2) is 47.4 Å². The van der Waals surface area contributed by atoms with Gasteiger partial charge in [0.2, 0.25) is 15.9 Å². The minimum absolute atomic E-state index is 0.00389. The first-order valence-electron chi connectivity index (χ1n) is 7.86. The average molecular weight is 393 g/mol. The first-order valence-corrected chi connectivity index (χ1v) is 9.34. The lowest BCUT2D eigenvalue weighted by molar-refractivity contribution is -0.384. The highest BCUT2D eigenvalue weighted by Gasteiger charge is 2.23. The van der Waals surface area contributed by atoms with Gasteiger partial charge in [-0.3, -0.25) is 14.9 Å². The van der Waals surface area contributed by atoms with Gasteiger partial charge in [-0.2, -0.15) is 4.72 Å². The summed E-state index contributed by atoms with van der Waals surface area (Å²) in [5.74, 6) is -0.102. The molecule has 2 aromatic rings. The molecular formula is C17H19N3O6S. The Bertz CT molecular complexity index is 974. The van der Waals surface area contributed by atoms with Crippen molar-refractivity contribution < 1.29 is 22.9 Å². The molecule has 0 aliphatic carbocycles. The molecule has 0 aliphatic rings. The molecule has 0 spiro atoms. The second-order valence-electron chi connectivity index (χ2n) is 5.77. The molecule has 0 saturated heterocycles. The SMILES string of the molecule is COc1ccc(S(=O)(=O)N[C@H](C)C(=O)Nc2cccc([N+](=O)[O-])c2)cc1C. The summed E-state index contributed by atoms with van der Waals surface area (Å²) in [7, 11) is -2.46. The number of hydrogen-bond donors (Lipinski definition) is 2. The Morgan fingerprint density at radius 1 is 1.22 bits per heavy atom. The van der Waals surface area contributed by atoms with Gasteiger partial charge in [-0.05, 0) is 43.7 Å². The van der Waals surface area contributed by atoms with Gasteiger partial charge in [0.15, 0.2) is 0 Å². The predicted octanol–water partition coefficient (Wildman–Crippen LogP) is 2.22. The molecule has 1 amide bonds. The van der Waals surface area contributed by atoms with Gasteiger partial charge in [0.05, 0.1) is 23.0 Å². The number of nitrogens with one attached hydrogen (secondary N) is 2. The van der Waals surface area contributed by atoms with Crippen molar-refractivity contribution in [3.05, 3.63) is 58.1 Å². The average Bonchev–Trinajstić information content (AvgIpc) is 2.61. The molecule has 1 atom stereocenters. The van der Waals surface area contributed by atoms with Crippen LogP contribution in [0.25, 0.3) is 0 Å². The van der Waals surface area contributed by atoms with Crippen molar-refractivity contribution in [2.75, 3.05) is 12.4 Å². The highest BCUT2D eigenvalue weighted by Crippen LogP contribution is 2.21. The van der Waals surface area contributed by atoms with E-state index in [4.69, 9.17) is 4.74 Å². The highest BCUT2D eigenvalue weighted by molar-refractivity contribution is 7.89. The van der Waals surface area contributed by atoms with E-state index in [9.17, 15) is 23.3 Å². The quantitative estimate of drug-likeness (QED) is 0.548. The summed E-state index contributed by atoms with van der Waals surface area (Å²) >= 11 is 0. The number of carbonyl (C=O) groups is 1. The van der Waals surface area contributed by atoms with Crippen LogP contribution >= 0.6 is 0 Å². The third-order valence-electron chi connectivity index (χ3n) is 3.73. The van der Waals surface area contributed by atoms with Crippen molar-refractivity contribution in [2.45, 2.75) is 24.8 Å². The largest absolute Gasteiger partial charge is 0.496 e. The maximum absolute atomic E-state index is 12.5. The molecule has 0 radical (unpaired) electrons. The number of nitrogens with zero attached hydrogens (tertiary/aromatic N) is 1. The van der Waals surface area contributed by atoms with Crippen LogP contribution < -0.4 is 14.8 Å². The third-order valence-corrected chi connectivity index (χ3v) is 5.26. The number of ether oxygens (including phenoxy) is 1. The van der Waals surface area contributed by atoms with Gasteiger partial charge < -0.3 is 10.1 Å². The Balaban J connectivity index is 2.12. The Hall–Kier alpha value is -2.98. The molecule has 0 saturated carbocycles. The molecule has 2 rings (SSSR count). The predicted molar refractivity (Wildman–Crippen MR) is 99.2 cm³/mol.